The van der Waals surface area contributed by atoms with Crippen LogP contribution in [0.15, 0.2) is 29.6 Å². The van der Waals surface area contributed by atoms with Crippen molar-refractivity contribution in [3.63, 3.8) is 0 Å². The van der Waals surface area contributed by atoms with Gasteiger partial charge in [-0.2, -0.15) is 5.10 Å². The van der Waals surface area contributed by atoms with Crippen molar-refractivity contribution in [2.45, 2.75) is 33.6 Å². The summed E-state index contributed by atoms with van der Waals surface area (Å²) in [5.41, 5.74) is 3.99. The molecule has 92 valence electrons. The summed E-state index contributed by atoms with van der Waals surface area (Å²) >= 11 is 0. The number of aromatic nitrogens is 1. The lowest BCUT2D eigenvalue weighted by atomic mass is 10.1. The third-order valence-electron chi connectivity index (χ3n) is 2.36. The SMILES string of the molecule is C/C(CCC(C)C)=N/NC(=O)c1cccnc1. The fourth-order valence-electron chi connectivity index (χ4n) is 1.26. The minimum Gasteiger partial charge on any atom is -0.267 e. The average Bonchev–Trinajstić information content (AvgIpc) is 2.34. The first-order chi connectivity index (χ1) is 8.09. The second kappa shape index (κ2) is 6.78. The number of carbonyl (C=O) groups excluding carboxylic acids is 1. The third kappa shape index (κ3) is 5.24. The molecule has 0 aliphatic heterocycles. The van der Waals surface area contributed by atoms with Crippen molar-refractivity contribution in [2.24, 2.45) is 11.0 Å². The van der Waals surface area contributed by atoms with Crippen molar-refractivity contribution in [3.05, 3.63) is 30.1 Å². The van der Waals surface area contributed by atoms with E-state index in [0.717, 1.165) is 18.6 Å². The summed E-state index contributed by atoms with van der Waals surface area (Å²) in [4.78, 5) is 15.5. The van der Waals surface area contributed by atoms with Gasteiger partial charge in [-0.15, -0.1) is 0 Å². The maximum Gasteiger partial charge on any atom is 0.272 e. The molecule has 17 heavy (non-hydrogen) atoms. The van der Waals surface area contributed by atoms with Gasteiger partial charge in [0.05, 0.1) is 5.56 Å². The van der Waals surface area contributed by atoms with E-state index in [-0.39, 0.29) is 5.91 Å². The molecule has 1 heterocycles. The van der Waals surface area contributed by atoms with E-state index < -0.39 is 0 Å². The molecule has 1 amide bonds. The molecule has 0 aliphatic rings. The molecule has 4 nitrogen and oxygen atoms in total. The van der Waals surface area contributed by atoms with E-state index in [4.69, 9.17) is 0 Å². The van der Waals surface area contributed by atoms with Gasteiger partial charge in [-0.25, -0.2) is 5.43 Å². The Morgan fingerprint density at radius 3 is 2.88 bits per heavy atom. The Hall–Kier alpha value is -1.71. The molecule has 0 atom stereocenters. The van der Waals surface area contributed by atoms with E-state index >= 15 is 0 Å². The van der Waals surface area contributed by atoms with Crippen LogP contribution in [0.4, 0.5) is 0 Å². The van der Waals surface area contributed by atoms with Crippen molar-refractivity contribution in [2.75, 3.05) is 0 Å². The molecule has 0 aliphatic carbocycles. The van der Waals surface area contributed by atoms with E-state index in [9.17, 15) is 4.79 Å². The molecule has 1 aromatic rings. The first-order valence-electron chi connectivity index (χ1n) is 5.83. The van der Waals surface area contributed by atoms with E-state index in [1.807, 2.05) is 6.92 Å². The summed E-state index contributed by atoms with van der Waals surface area (Å²) < 4.78 is 0. The minimum absolute atomic E-state index is 0.220. The van der Waals surface area contributed by atoms with Crippen LogP contribution in [0.5, 0.6) is 0 Å². The molecule has 1 rings (SSSR count). The van der Waals surface area contributed by atoms with Crippen LogP contribution in [-0.2, 0) is 0 Å². The van der Waals surface area contributed by atoms with Crippen LogP contribution >= 0.6 is 0 Å². The molecule has 0 saturated heterocycles. The number of nitrogens with zero attached hydrogens (tertiary/aromatic N) is 2. The quantitative estimate of drug-likeness (QED) is 0.628. The van der Waals surface area contributed by atoms with Crippen LogP contribution in [0.2, 0.25) is 0 Å². The van der Waals surface area contributed by atoms with Crippen molar-refractivity contribution in [1.29, 1.82) is 0 Å². The van der Waals surface area contributed by atoms with Crippen LogP contribution in [0.25, 0.3) is 0 Å². The highest BCUT2D eigenvalue weighted by molar-refractivity contribution is 5.94. The van der Waals surface area contributed by atoms with Gasteiger partial charge in [0.25, 0.3) is 5.91 Å². The maximum absolute atomic E-state index is 11.6. The highest BCUT2D eigenvalue weighted by atomic mass is 16.2. The van der Waals surface area contributed by atoms with Gasteiger partial charge >= 0.3 is 0 Å². The molecular weight excluding hydrogens is 214 g/mol. The van der Waals surface area contributed by atoms with Gasteiger partial charge in [-0.1, -0.05) is 13.8 Å². The third-order valence-corrected chi connectivity index (χ3v) is 2.36. The molecule has 1 N–H and O–H groups in total. The number of carbonyl (C=O) groups is 1. The zero-order valence-corrected chi connectivity index (χ0v) is 10.6. The number of pyridine rings is 1. The number of hydrogen-bond acceptors (Lipinski definition) is 3. The minimum atomic E-state index is -0.220. The molecule has 0 radical (unpaired) electrons. The number of nitrogens with one attached hydrogen (secondary N) is 1. The van der Waals surface area contributed by atoms with Crippen LogP contribution in [-0.4, -0.2) is 16.6 Å². The molecule has 0 saturated carbocycles. The maximum atomic E-state index is 11.6. The number of hydrazone groups is 1. The summed E-state index contributed by atoms with van der Waals surface area (Å²) in [7, 11) is 0. The Balaban J connectivity index is 2.44. The lowest BCUT2D eigenvalue weighted by Crippen LogP contribution is -2.19. The molecule has 1 aromatic heterocycles. The first-order valence-corrected chi connectivity index (χ1v) is 5.83. The molecule has 0 bridgehead atoms. The molecule has 0 spiro atoms. The van der Waals surface area contributed by atoms with Gasteiger partial charge in [-0.05, 0) is 37.8 Å². The number of rotatable bonds is 5. The molecule has 4 heteroatoms. The van der Waals surface area contributed by atoms with Crippen molar-refractivity contribution in [3.8, 4) is 0 Å². The first kappa shape index (κ1) is 13.4. The Morgan fingerprint density at radius 2 is 2.29 bits per heavy atom. The van der Waals surface area contributed by atoms with Crippen LogP contribution in [0.1, 0.15) is 44.0 Å². The molecule has 0 fully saturated rings. The lowest BCUT2D eigenvalue weighted by Gasteiger charge is -2.04. The predicted molar refractivity (Wildman–Crippen MR) is 68.9 cm³/mol. The van der Waals surface area contributed by atoms with E-state index in [1.54, 1.807) is 18.3 Å². The lowest BCUT2D eigenvalue weighted by molar-refractivity contribution is 0.0954. The van der Waals surface area contributed by atoms with Gasteiger partial charge in [0.15, 0.2) is 0 Å². The largest absolute Gasteiger partial charge is 0.272 e. The summed E-state index contributed by atoms with van der Waals surface area (Å²) in [6.07, 6.45) is 5.14. The highest BCUT2D eigenvalue weighted by Crippen LogP contribution is 2.04. The van der Waals surface area contributed by atoms with Gasteiger partial charge < -0.3 is 0 Å². The summed E-state index contributed by atoms with van der Waals surface area (Å²) in [6, 6.07) is 3.44. The van der Waals surface area contributed by atoms with Crippen molar-refractivity contribution in [1.82, 2.24) is 10.4 Å². The number of hydrogen-bond donors (Lipinski definition) is 1. The monoisotopic (exact) mass is 233 g/mol. The Bertz CT molecular complexity index is 385. The zero-order chi connectivity index (χ0) is 12.7. The Kier molecular flexibility index (Phi) is 5.33. The molecule has 0 aromatic carbocycles. The topological polar surface area (TPSA) is 54.4 Å². The van der Waals surface area contributed by atoms with E-state index in [0.29, 0.717) is 11.5 Å². The van der Waals surface area contributed by atoms with Gasteiger partial charge in [0.2, 0.25) is 0 Å². The highest BCUT2D eigenvalue weighted by Gasteiger charge is 2.03. The van der Waals surface area contributed by atoms with Crippen LogP contribution < -0.4 is 5.43 Å². The van der Waals surface area contributed by atoms with Gasteiger partial charge in [0, 0.05) is 18.1 Å². The fraction of sp³-hybridized carbons (Fsp3) is 0.462. The predicted octanol–water partition coefficient (Wildman–Crippen LogP) is 2.62. The van der Waals surface area contributed by atoms with Gasteiger partial charge in [0.1, 0.15) is 0 Å². The normalized spacial score (nSPS) is 11.6. The summed E-state index contributed by atoms with van der Waals surface area (Å²) in [5.74, 6) is 0.427. The second-order valence-corrected chi connectivity index (χ2v) is 4.46. The number of amides is 1. The zero-order valence-electron chi connectivity index (χ0n) is 10.6. The van der Waals surface area contributed by atoms with Crippen LogP contribution in [0, 0.1) is 5.92 Å². The van der Waals surface area contributed by atoms with Crippen molar-refractivity contribution < 1.29 is 4.79 Å². The summed E-state index contributed by atoms with van der Waals surface area (Å²) in [6.45, 7) is 6.26. The fourth-order valence-corrected chi connectivity index (χ4v) is 1.26. The van der Waals surface area contributed by atoms with Gasteiger partial charge in [-0.3, -0.25) is 9.78 Å². The molecule has 0 unspecified atom stereocenters. The molecular formula is C13H19N3O. The average molecular weight is 233 g/mol. The Morgan fingerprint density at radius 1 is 1.53 bits per heavy atom. The standard InChI is InChI=1S/C13H19N3O/c1-10(2)6-7-11(3)15-16-13(17)12-5-4-8-14-9-12/h4-5,8-10H,6-7H2,1-3H3,(H,16,17)/b15-11-. The summed E-state index contributed by atoms with van der Waals surface area (Å²) in [5, 5.41) is 4.06. The Labute approximate surface area is 102 Å². The van der Waals surface area contributed by atoms with Crippen LogP contribution in [0.3, 0.4) is 0 Å². The smallest absolute Gasteiger partial charge is 0.267 e. The van der Waals surface area contributed by atoms with E-state index in [1.165, 1.54) is 6.20 Å². The second-order valence-electron chi connectivity index (χ2n) is 4.46. The van der Waals surface area contributed by atoms with Crippen molar-refractivity contribution >= 4 is 11.6 Å². The van der Waals surface area contributed by atoms with E-state index in [2.05, 4.69) is 29.4 Å².